The fourth-order valence-electron chi connectivity index (χ4n) is 5.21. The number of amides is 1. The summed E-state index contributed by atoms with van der Waals surface area (Å²) >= 11 is 0. The monoisotopic (exact) mass is 471 g/mol. The number of nitrogens with one attached hydrogen (secondary N) is 1. The van der Waals surface area contributed by atoms with Gasteiger partial charge in [0.2, 0.25) is 0 Å². The smallest absolute Gasteiger partial charge is 0.273 e. The highest BCUT2D eigenvalue weighted by atomic mass is 19.1. The van der Waals surface area contributed by atoms with E-state index >= 15 is 0 Å². The number of rotatable bonds is 4. The van der Waals surface area contributed by atoms with Crippen LogP contribution in [0.5, 0.6) is 0 Å². The van der Waals surface area contributed by atoms with E-state index < -0.39 is 42.2 Å². The quantitative estimate of drug-likeness (QED) is 0.631. The standard InChI is InChI=1S/C24H27F2N5O3/c1-12-5-6-13(25)7-15(12)18-8-14(26)10-31(18)24(34)21-20-17(9-27-21)28-11-29-23(20)30-16-3-2-4-19(32)22(16)33/h5-7,11,14,16,18-19,22,32-33H,2-4,8-10H2,1H3,(H,28,29,30)/t14-,16+,18+,19+,22-/m0/s1. The molecule has 5 atom stereocenters. The number of benzene rings is 1. The van der Waals surface area contributed by atoms with E-state index in [0.717, 1.165) is 12.0 Å². The Balaban J connectivity index is 1.45. The maximum Gasteiger partial charge on any atom is 0.273 e. The van der Waals surface area contributed by atoms with Crippen molar-refractivity contribution in [2.45, 2.75) is 69.6 Å². The van der Waals surface area contributed by atoms with Gasteiger partial charge in [-0.3, -0.25) is 9.79 Å². The first-order valence-electron chi connectivity index (χ1n) is 11.6. The van der Waals surface area contributed by atoms with E-state index in [1.165, 1.54) is 23.4 Å². The molecule has 1 saturated carbocycles. The zero-order valence-electron chi connectivity index (χ0n) is 18.8. The van der Waals surface area contributed by atoms with Crippen LogP contribution >= 0.6 is 0 Å². The van der Waals surface area contributed by atoms with E-state index in [1.807, 2.05) is 6.92 Å². The number of aliphatic imine (C=N–C) groups is 1. The SMILES string of the molecule is Cc1ccc(F)cc1[C@H]1C[C@H](F)CN1C(=O)C1=NCc2ncnc(N[C@@H]3CCC[C@@H](O)[C@H]3O)c21. The van der Waals surface area contributed by atoms with E-state index in [4.69, 9.17) is 0 Å². The minimum Gasteiger partial charge on any atom is -0.390 e. The van der Waals surface area contributed by atoms with E-state index in [9.17, 15) is 23.8 Å². The van der Waals surface area contributed by atoms with Gasteiger partial charge in [0, 0.05) is 6.42 Å². The molecule has 10 heteroatoms. The van der Waals surface area contributed by atoms with Gasteiger partial charge < -0.3 is 20.4 Å². The third-order valence-corrected chi connectivity index (χ3v) is 7.01. The lowest BCUT2D eigenvalue weighted by molar-refractivity contribution is -0.125. The number of hydrogen-bond donors (Lipinski definition) is 3. The lowest BCUT2D eigenvalue weighted by atomic mass is 9.90. The van der Waals surface area contributed by atoms with Gasteiger partial charge in [-0.05, 0) is 49.4 Å². The minimum atomic E-state index is -1.23. The van der Waals surface area contributed by atoms with Crippen LogP contribution in [0.4, 0.5) is 14.6 Å². The number of alkyl halides is 1. The fraction of sp³-hybridized carbons (Fsp3) is 0.500. The van der Waals surface area contributed by atoms with E-state index in [0.29, 0.717) is 35.5 Å². The van der Waals surface area contributed by atoms with Gasteiger partial charge in [-0.25, -0.2) is 18.7 Å². The summed E-state index contributed by atoms with van der Waals surface area (Å²) in [6.45, 7) is 1.88. The number of nitrogens with zero attached hydrogens (tertiary/aromatic N) is 4. The second-order valence-corrected chi connectivity index (χ2v) is 9.26. The molecule has 1 saturated heterocycles. The van der Waals surface area contributed by atoms with Gasteiger partial charge in [-0.2, -0.15) is 0 Å². The fourth-order valence-corrected chi connectivity index (χ4v) is 5.21. The Morgan fingerprint density at radius 1 is 1.24 bits per heavy atom. The van der Waals surface area contributed by atoms with Gasteiger partial charge in [-0.15, -0.1) is 0 Å². The first-order valence-corrected chi connectivity index (χ1v) is 11.6. The molecule has 1 aliphatic carbocycles. The van der Waals surface area contributed by atoms with Gasteiger partial charge in [0.05, 0.1) is 48.6 Å². The molecule has 0 spiro atoms. The van der Waals surface area contributed by atoms with Crippen molar-refractivity contribution in [1.82, 2.24) is 14.9 Å². The lowest BCUT2D eigenvalue weighted by Crippen LogP contribution is -2.46. The highest BCUT2D eigenvalue weighted by Gasteiger charge is 2.41. The topological polar surface area (TPSA) is 111 Å². The molecule has 3 heterocycles. The molecule has 8 nitrogen and oxygen atoms in total. The molecule has 0 unspecified atom stereocenters. The number of anilines is 1. The predicted molar refractivity (Wildman–Crippen MR) is 121 cm³/mol. The van der Waals surface area contributed by atoms with Crippen molar-refractivity contribution in [2.75, 3.05) is 11.9 Å². The number of aryl methyl sites for hydroxylation is 1. The van der Waals surface area contributed by atoms with Crippen molar-refractivity contribution >= 4 is 17.4 Å². The normalized spacial score (nSPS) is 28.6. The van der Waals surface area contributed by atoms with Crippen LogP contribution in [-0.2, 0) is 11.3 Å². The highest BCUT2D eigenvalue weighted by molar-refractivity contribution is 6.47. The van der Waals surface area contributed by atoms with Gasteiger partial charge in [0.25, 0.3) is 5.91 Å². The molecular weight excluding hydrogens is 444 g/mol. The van der Waals surface area contributed by atoms with Crippen molar-refractivity contribution in [3.8, 4) is 0 Å². The Morgan fingerprint density at radius 2 is 2.06 bits per heavy atom. The number of aliphatic hydroxyl groups is 2. The Hall–Kier alpha value is -2.98. The third kappa shape index (κ3) is 4.05. The average Bonchev–Trinajstić information content (AvgIpc) is 3.42. The van der Waals surface area contributed by atoms with Crippen molar-refractivity contribution in [2.24, 2.45) is 4.99 Å². The summed E-state index contributed by atoms with van der Waals surface area (Å²) in [7, 11) is 0. The molecule has 1 amide bonds. The number of carbonyl (C=O) groups is 1. The van der Waals surface area contributed by atoms with E-state index in [-0.39, 0.29) is 25.2 Å². The van der Waals surface area contributed by atoms with Crippen molar-refractivity contribution in [3.63, 3.8) is 0 Å². The summed E-state index contributed by atoms with van der Waals surface area (Å²) in [5.41, 5.74) is 2.46. The summed E-state index contributed by atoms with van der Waals surface area (Å²) in [6, 6.07) is 3.27. The Labute approximate surface area is 195 Å². The largest absolute Gasteiger partial charge is 0.390 e. The van der Waals surface area contributed by atoms with Crippen molar-refractivity contribution < 1.29 is 23.8 Å². The van der Waals surface area contributed by atoms with Crippen molar-refractivity contribution in [1.29, 1.82) is 0 Å². The zero-order chi connectivity index (χ0) is 24.0. The van der Waals surface area contributed by atoms with Gasteiger partial charge >= 0.3 is 0 Å². The molecule has 0 bridgehead atoms. The van der Waals surface area contributed by atoms with Crippen LogP contribution in [0.1, 0.15) is 54.1 Å². The second-order valence-electron chi connectivity index (χ2n) is 9.26. The zero-order valence-corrected chi connectivity index (χ0v) is 18.8. The molecule has 0 radical (unpaired) electrons. The summed E-state index contributed by atoms with van der Waals surface area (Å²) in [5.74, 6) is -0.552. The van der Waals surface area contributed by atoms with Crippen LogP contribution in [0.15, 0.2) is 29.5 Å². The summed E-state index contributed by atoms with van der Waals surface area (Å²) in [5, 5.41) is 23.6. The molecule has 3 N–H and O–H groups in total. The van der Waals surface area contributed by atoms with Crippen molar-refractivity contribution in [3.05, 3.63) is 52.7 Å². The summed E-state index contributed by atoms with van der Waals surface area (Å²) in [4.78, 5) is 28.0. The summed E-state index contributed by atoms with van der Waals surface area (Å²) < 4.78 is 28.5. The number of hydrogen-bond acceptors (Lipinski definition) is 7. The van der Waals surface area contributed by atoms with E-state index in [2.05, 4.69) is 20.3 Å². The molecule has 34 heavy (non-hydrogen) atoms. The maximum absolute atomic E-state index is 14.5. The van der Waals surface area contributed by atoms with Crippen LogP contribution in [0.2, 0.25) is 0 Å². The maximum atomic E-state index is 14.5. The van der Waals surface area contributed by atoms with Crippen LogP contribution < -0.4 is 5.32 Å². The molecule has 2 aromatic rings. The van der Waals surface area contributed by atoms with Crippen LogP contribution in [0, 0.1) is 12.7 Å². The van der Waals surface area contributed by atoms with Crippen LogP contribution in [0.25, 0.3) is 0 Å². The van der Waals surface area contributed by atoms with Gasteiger partial charge in [-0.1, -0.05) is 6.07 Å². The van der Waals surface area contributed by atoms with Crippen LogP contribution in [-0.4, -0.2) is 67.7 Å². The van der Waals surface area contributed by atoms with E-state index in [1.54, 1.807) is 6.07 Å². The average molecular weight is 472 g/mol. The number of aliphatic hydroxyl groups excluding tert-OH is 2. The Bertz CT molecular complexity index is 1140. The Morgan fingerprint density at radius 3 is 2.88 bits per heavy atom. The first-order chi connectivity index (χ1) is 16.3. The highest BCUT2D eigenvalue weighted by Crippen LogP contribution is 2.37. The number of likely N-dealkylation sites (tertiary alicyclic amines) is 1. The molecule has 1 aromatic carbocycles. The number of halogens is 2. The summed E-state index contributed by atoms with van der Waals surface area (Å²) in [6.07, 6.45) is 0.298. The lowest BCUT2D eigenvalue weighted by Gasteiger charge is -2.33. The predicted octanol–water partition coefficient (Wildman–Crippen LogP) is 2.22. The second kappa shape index (κ2) is 8.99. The minimum absolute atomic E-state index is 0.0821. The molecule has 1 aromatic heterocycles. The van der Waals surface area contributed by atoms with Crippen LogP contribution in [0.3, 0.4) is 0 Å². The number of carbonyl (C=O) groups excluding carboxylic acids is 1. The third-order valence-electron chi connectivity index (χ3n) is 7.01. The molecule has 3 aliphatic rings. The molecule has 2 aliphatic heterocycles. The molecule has 180 valence electrons. The van der Waals surface area contributed by atoms with Gasteiger partial charge in [0.15, 0.2) is 0 Å². The van der Waals surface area contributed by atoms with Gasteiger partial charge in [0.1, 0.15) is 29.8 Å². The number of fused-ring (bicyclic) bond motifs is 1. The molecule has 5 rings (SSSR count). The molecule has 2 fully saturated rings. The Kier molecular flexibility index (Phi) is 6.03. The number of aromatic nitrogens is 2. The first kappa shape index (κ1) is 22.8. The molecular formula is C24H27F2N5O3.